The van der Waals surface area contributed by atoms with Gasteiger partial charge in [-0.2, -0.15) is 5.26 Å². The Hall–Kier alpha value is -3.97. The first-order valence-corrected chi connectivity index (χ1v) is 12.6. The highest BCUT2D eigenvalue weighted by Gasteiger charge is 2.16. The lowest BCUT2D eigenvalue weighted by Gasteiger charge is -2.20. The molecule has 0 saturated heterocycles. The summed E-state index contributed by atoms with van der Waals surface area (Å²) in [6.45, 7) is 9.08. The van der Waals surface area contributed by atoms with Crippen molar-refractivity contribution < 1.29 is 13.7 Å². The van der Waals surface area contributed by atoms with Crippen LogP contribution >= 0.6 is 0 Å². The number of nitrogens with one attached hydrogen (secondary N) is 1. The molecule has 1 aromatic heterocycles. The Bertz CT molecular complexity index is 1330. The predicted octanol–water partition coefficient (Wildman–Crippen LogP) is 4.45. The first kappa shape index (κ1) is 26.6. The van der Waals surface area contributed by atoms with Gasteiger partial charge in [-0.1, -0.05) is 32.1 Å². The van der Waals surface area contributed by atoms with Crippen LogP contribution < -0.4 is 11.1 Å². The van der Waals surface area contributed by atoms with Crippen LogP contribution in [-0.2, 0) is 32.5 Å². The minimum Gasteiger partial charge on any atom is -0.479 e. The van der Waals surface area contributed by atoms with Gasteiger partial charge in [-0.15, -0.1) is 17.2 Å². The molecule has 3 rings (SSSR count). The second kappa shape index (κ2) is 12.7. The van der Waals surface area contributed by atoms with Crippen LogP contribution in [0, 0.1) is 11.3 Å². The number of allylic oxidation sites excluding steroid dienone is 1. The highest BCUT2D eigenvalue weighted by Crippen LogP contribution is 2.32. The standard InChI is InChI=1S/C26H29N6O3S/c1-4-6-18-11-21(17(2)3)23(22(12-18)19-7-9-29-20(13-19)14-27)16-31-26(33)32-36(34)24(15-28)25-30-8-5-10-35-25/h4,7,9,11-13,15,17H,1,5-6,8,10,16,28H2,2-3H3,(H,31,33)/q-1. The fourth-order valence-electron chi connectivity index (χ4n) is 3.80. The van der Waals surface area contributed by atoms with E-state index in [0.29, 0.717) is 25.3 Å². The summed E-state index contributed by atoms with van der Waals surface area (Å²) in [5, 5.41) is 12.1. The number of ether oxygens (including phenoxy) is 1. The zero-order valence-corrected chi connectivity index (χ0v) is 21.2. The SMILES string of the molecule is C=CCc1cc(-c2ccnc(C#N)c2)c(CNC(=O)N=[S-](=O)C(=CN)C2=NCCCO2)c(C(C)C)c1. The van der Waals surface area contributed by atoms with Crippen LogP contribution in [0.2, 0.25) is 0 Å². The van der Waals surface area contributed by atoms with E-state index in [1.807, 2.05) is 18.2 Å². The fourth-order valence-corrected chi connectivity index (χ4v) is 4.51. The Morgan fingerprint density at radius 3 is 2.86 bits per heavy atom. The van der Waals surface area contributed by atoms with Gasteiger partial charge < -0.3 is 24.4 Å². The van der Waals surface area contributed by atoms with Crippen molar-refractivity contribution in [2.75, 3.05) is 13.2 Å². The number of carbonyl (C=O) groups excluding carboxylic acids is 1. The monoisotopic (exact) mass is 505 g/mol. The minimum absolute atomic E-state index is 0.0583. The summed E-state index contributed by atoms with van der Waals surface area (Å²) in [4.78, 5) is 20.9. The Balaban J connectivity index is 1.95. The first-order chi connectivity index (χ1) is 17.4. The Morgan fingerprint density at radius 2 is 2.22 bits per heavy atom. The number of nitrogens with zero attached hydrogens (tertiary/aromatic N) is 4. The zero-order valence-electron chi connectivity index (χ0n) is 20.4. The van der Waals surface area contributed by atoms with Gasteiger partial charge in [0, 0.05) is 25.7 Å². The number of hydrogen-bond acceptors (Lipinski definition) is 8. The van der Waals surface area contributed by atoms with E-state index in [1.54, 1.807) is 12.3 Å². The van der Waals surface area contributed by atoms with Crippen LogP contribution in [0.3, 0.4) is 0 Å². The molecule has 10 heteroatoms. The highest BCUT2D eigenvalue weighted by atomic mass is 32.2. The van der Waals surface area contributed by atoms with E-state index in [4.69, 9.17) is 10.5 Å². The minimum atomic E-state index is -2.07. The number of urea groups is 1. The van der Waals surface area contributed by atoms with E-state index in [-0.39, 0.29) is 23.3 Å². The van der Waals surface area contributed by atoms with Crippen LogP contribution in [-0.4, -0.2) is 30.1 Å². The van der Waals surface area contributed by atoms with E-state index < -0.39 is 16.6 Å². The van der Waals surface area contributed by atoms with Gasteiger partial charge in [0.2, 0.25) is 0 Å². The highest BCUT2D eigenvalue weighted by molar-refractivity contribution is 7.80. The average Bonchev–Trinajstić information content (AvgIpc) is 2.88. The molecule has 1 aliphatic heterocycles. The molecule has 3 N–H and O–H groups in total. The molecule has 0 atom stereocenters. The van der Waals surface area contributed by atoms with Crippen LogP contribution in [0.15, 0.2) is 63.6 Å². The number of carbonyl (C=O) groups is 1. The Kier molecular flexibility index (Phi) is 9.36. The molecule has 0 unspecified atom stereocenters. The molecule has 0 radical (unpaired) electrons. The molecular formula is C26H29N6O3S-. The second-order valence-electron chi connectivity index (χ2n) is 8.32. The number of benzene rings is 1. The summed E-state index contributed by atoms with van der Waals surface area (Å²) in [7, 11) is -2.07. The quantitative estimate of drug-likeness (QED) is 0.401. The van der Waals surface area contributed by atoms with Crippen LogP contribution in [0.1, 0.15) is 48.6 Å². The van der Waals surface area contributed by atoms with E-state index >= 15 is 0 Å². The summed E-state index contributed by atoms with van der Waals surface area (Å²) >= 11 is 0. The molecule has 9 nitrogen and oxygen atoms in total. The number of nitrogens with two attached hydrogens (primary N) is 1. The summed E-state index contributed by atoms with van der Waals surface area (Å²) in [6, 6.07) is 8.96. The maximum absolute atomic E-state index is 12.7. The van der Waals surface area contributed by atoms with Crippen molar-refractivity contribution >= 4 is 22.5 Å². The molecule has 1 aromatic carbocycles. The molecule has 0 bridgehead atoms. The third-order valence-electron chi connectivity index (χ3n) is 5.46. The van der Waals surface area contributed by atoms with Gasteiger partial charge in [0.05, 0.1) is 6.61 Å². The van der Waals surface area contributed by atoms with E-state index in [9.17, 15) is 14.3 Å². The van der Waals surface area contributed by atoms with Crippen LogP contribution in [0.4, 0.5) is 4.79 Å². The predicted molar refractivity (Wildman–Crippen MR) is 140 cm³/mol. The topological polar surface area (TPSA) is 143 Å². The molecule has 0 aliphatic carbocycles. The lowest BCUT2D eigenvalue weighted by Crippen LogP contribution is -2.22. The number of aromatic nitrogens is 1. The average molecular weight is 506 g/mol. The summed E-state index contributed by atoms with van der Waals surface area (Å²) in [5.74, 6) is 0.295. The van der Waals surface area contributed by atoms with Crippen molar-refractivity contribution in [1.82, 2.24) is 10.3 Å². The zero-order chi connectivity index (χ0) is 26.1. The van der Waals surface area contributed by atoms with Gasteiger partial charge in [-0.3, -0.25) is 4.99 Å². The number of amides is 2. The Labute approximate surface area is 213 Å². The first-order valence-electron chi connectivity index (χ1n) is 11.5. The normalized spacial score (nSPS) is 14.5. The fraction of sp³-hybridized carbons (Fsp3) is 0.308. The third-order valence-corrected chi connectivity index (χ3v) is 6.48. The molecule has 0 spiro atoms. The van der Waals surface area contributed by atoms with Gasteiger partial charge in [0.1, 0.15) is 11.8 Å². The van der Waals surface area contributed by atoms with Gasteiger partial charge in [-0.05, 0) is 63.4 Å². The van der Waals surface area contributed by atoms with E-state index in [1.165, 1.54) is 0 Å². The van der Waals surface area contributed by atoms with Crippen molar-refractivity contribution in [2.45, 2.75) is 39.2 Å². The maximum Gasteiger partial charge on any atom is 0.318 e. The molecule has 0 saturated carbocycles. The third kappa shape index (κ3) is 6.58. The van der Waals surface area contributed by atoms with Gasteiger partial charge in [0.15, 0.2) is 5.90 Å². The van der Waals surface area contributed by atoms with Crippen molar-refractivity contribution in [1.29, 1.82) is 5.26 Å². The summed E-state index contributed by atoms with van der Waals surface area (Å²) < 4.78 is 21.8. The molecular weight excluding hydrogens is 476 g/mol. The van der Waals surface area contributed by atoms with E-state index in [2.05, 4.69) is 52.2 Å². The molecule has 2 amide bonds. The second-order valence-corrected chi connectivity index (χ2v) is 9.44. The molecule has 2 heterocycles. The van der Waals surface area contributed by atoms with Crippen molar-refractivity contribution in [3.05, 3.63) is 76.6 Å². The number of nitriles is 1. The molecule has 2 aromatic rings. The largest absolute Gasteiger partial charge is 0.479 e. The van der Waals surface area contributed by atoms with Gasteiger partial charge in [-0.25, -0.2) is 9.78 Å². The lowest BCUT2D eigenvalue weighted by molar-refractivity contribution is 0.249. The van der Waals surface area contributed by atoms with Gasteiger partial charge in [0.25, 0.3) is 0 Å². The van der Waals surface area contributed by atoms with Crippen molar-refractivity contribution in [3.8, 4) is 17.2 Å². The van der Waals surface area contributed by atoms with Crippen molar-refractivity contribution in [2.24, 2.45) is 15.1 Å². The number of hydrogen-bond donors (Lipinski definition) is 2. The number of aliphatic imine (C=N–C) groups is 1. The molecule has 188 valence electrons. The summed E-state index contributed by atoms with van der Waals surface area (Å²) in [6.07, 6.45) is 5.94. The molecule has 0 fully saturated rings. The molecule has 1 aliphatic rings. The van der Waals surface area contributed by atoms with E-state index in [0.717, 1.165) is 40.4 Å². The summed E-state index contributed by atoms with van der Waals surface area (Å²) in [5.41, 5.74) is 10.5. The number of rotatable bonds is 8. The smallest absolute Gasteiger partial charge is 0.318 e. The number of pyridine rings is 1. The maximum atomic E-state index is 12.7. The Morgan fingerprint density at radius 1 is 1.42 bits per heavy atom. The van der Waals surface area contributed by atoms with Crippen molar-refractivity contribution in [3.63, 3.8) is 0 Å². The van der Waals surface area contributed by atoms with Crippen LogP contribution in [0.5, 0.6) is 0 Å². The van der Waals surface area contributed by atoms with Gasteiger partial charge >= 0.3 is 6.03 Å². The van der Waals surface area contributed by atoms with Crippen LogP contribution in [0.25, 0.3) is 11.1 Å². The lowest BCUT2D eigenvalue weighted by atomic mass is 9.87. The molecule has 36 heavy (non-hydrogen) atoms.